The van der Waals surface area contributed by atoms with Gasteiger partial charge in [0.1, 0.15) is 5.76 Å². The molecule has 6 nitrogen and oxygen atoms in total. The van der Waals surface area contributed by atoms with Crippen molar-refractivity contribution in [2.45, 2.75) is 18.9 Å². The number of furan rings is 1. The molecule has 1 aromatic rings. The number of nitrogens with zero attached hydrogens (tertiary/aromatic N) is 3. The highest BCUT2D eigenvalue weighted by atomic mass is 127. The molecule has 1 atom stereocenters. The van der Waals surface area contributed by atoms with E-state index in [4.69, 9.17) is 14.1 Å². The first-order valence-corrected chi connectivity index (χ1v) is 8.85. The van der Waals surface area contributed by atoms with E-state index < -0.39 is 0 Å². The molecule has 7 heteroatoms. The lowest BCUT2D eigenvalue weighted by Gasteiger charge is -2.32. The van der Waals surface area contributed by atoms with Crippen LogP contribution in [0.5, 0.6) is 0 Å². The Morgan fingerprint density at radius 2 is 2.20 bits per heavy atom. The summed E-state index contributed by atoms with van der Waals surface area (Å²) < 4.78 is 10.8. The number of ether oxygens (including phenoxy) is 1. The maximum absolute atomic E-state index is 5.46. The van der Waals surface area contributed by atoms with E-state index in [9.17, 15) is 0 Å². The third kappa shape index (κ3) is 6.00. The van der Waals surface area contributed by atoms with Gasteiger partial charge in [-0.15, -0.1) is 30.6 Å². The Morgan fingerprint density at radius 3 is 2.92 bits per heavy atom. The van der Waals surface area contributed by atoms with Gasteiger partial charge in [-0.1, -0.05) is 6.08 Å². The van der Waals surface area contributed by atoms with Crippen LogP contribution in [0, 0.1) is 0 Å². The molecule has 0 bridgehead atoms. The number of aliphatic imine (C=N–C) groups is 1. The van der Waals surface area contributed by atoms with Gasteiger partial charge in [0, 0.05) is 51.7 Å². The van der Waals surface area contributed by atoms with Gasteiger partial charge < -0.3 is 19.4 Å². The number of rotatable bonds is 6. The van der Waals surface area contributed by atoms with Gasteiger partial charge in [0.15, 0.2) is 5.96 Å². The zero-order valence-electron chi connectivity index (χ0n) is 14.7. The molecule has 1 aromatic heterocycles. The van der Waals surface area contributed by atoms with E-state index in [1.165, 1.54) is 6.42 Å². The number of nitrogens with one attached hydrogen (secondary N) is 1. The summed E-state index contributed by atoms with van der Waals surface area (Å²) >= 11 is 0. The van der Waals surface area contributed by atoms with Gasteiger partial charge in [-0.05, 0) is 18.6 Å². The van der Waals surface area contributed by atoms with Crippen molar-refractivity contribution >= 4 is 29.9 Å². The number of hydrogen-bond donors (Lipinski definition) is 1. The number of likely N-dealkylation sites (tertiary alicyclic amines) is 1. The van der Waals surface area contributed by atoms with Crippen LogP contribution in [0.15, 0.2) is 40.5 Å². The maximum atomic E-state index is 5.46. The van der Waals surface area contributed by atoms with E-state index >= 15 is 0 Å². The molecule has 1 N–H and O–H groups in total. The van der Waals surface area contributed by atoms with E-state index in [1.807, 2.05) is 18.2 Å². The molecule has 140 valence electrons. The summed E-state index contributed by atoms with van der Waals surface area (Å²) in [7, 11) is 0. The number of hydrogen-bond acceptors (Lipinski definition) is 4. The minimum atomic E-state index is 0. The zero-order valence-corrected chi connectivity index (χ0v) is 17.1. The predicted molar refractivity (Wildman–Crippen MR) is 111 cm³/mol. The van der Waals surface area contributed by atoms with E-state index in [-0.39, 0.29) is 24.0 Å². The second-order valence-corrected chi connectivity index (χ2v) is 6.24. The van der Waals surface area contributed by atoms with Gasteiger partial charge in [0.25, 0.3) is 0 Å². The monoisotopic (exact) mass is 460 g/mol. The second kappa shape index (κ2) is 10.8. The van der Waals surface area contributed by atoms with E-state index in [0.29, 0.717) is 6.04 Å². The molecule has 3 heterocycles. The van der Waals surface area contributed by atoms with Crippen molar-refractivity contribution in [2.75, 3.05) is 52.5 Å². The third-order valence-corrected chi connectivity index (χ3v) is 4.63. The minimum Gasteiger partial charge on any atom is -0.469 e. The molecule has 2 saturated heterocycles. The van der Waals surface area contributed by atoms with Crippen LogP contribution in [0.1, 0.15) is 12.2 Å². The van der Waals surface area contributed by atoms with Gasteiger partial charge in [-0.3, -0.25) is 9.89 Å². The lowest BCUT2D eigenvalue weighted by atomic mass is 10.2. The topological polar surface area (TPSA) is 53.2 Å². The Hall–Kier alpha value is -1.06. The Balaban J connectivity index is 0.00000225. The highest BCUT2D eigenvalue weighted by molar-refractivity contribution is 14.0. The summed E-state index contributed by atoms with van der Waals surface area (Å²) in [6.45, 7) is 11.1. The summed E-state index contributed by atoms with van der Waals surface area (Å²) in [6, 6.07) is 4.52. The third-order valence-electron chi connectivity index (χ3n) is 4.63. The van der Waals surface area contributed by atoms with Crippen LogP contribution in [-0.4, -0.2) is 74.3 Å². The van der Waals surface area contributed by atoms with Crippen LogP contribution in [-0.2, 0) is 11.2 Å². The standard InChI is InChI=1S/C18H28N4O2.HI/c1-2-7-19-18(20-8-5-17-4-3-12-24-17)22-9-6-16(15-22)21-10-13-23-14-11-21;/h2-4,12,16H,1,5-11,13-15H2,(H,19,20);1H. The molecule has 2 fully saturated rings. The van der Waals surface area contributed by atoms with Gasteiger partial charge in [-0.2, -0.15) is 0 Å². The predicted octanol–water partition coefficient (Wildman–Crippen LogP) is 1.98. The highest BCUT2D eigenvalue weighted by Gasteiger charge is 2.30. The number of halogens is 1. The van der Waals surface area contributed by atoms with Crippen LogP contribution in [0.25, 0.3) is 0 Å². The first-order chi connectivity index (χ1) is 11.9. The molecule has 25 heavy (non-hydrogen) atoms. The Labute approximate surface area is 167 Å². The fourth-order valence-corrected chi connectivity index (χ4v) is 3.33. The fraction of sp³-hybridized carbons (Fsp3) is 0.611. The van der Waals surface area contributed by atoms with Crippen molar-refractivity contribution < 1.29 is 9.15 Å². The van der Waals surface area contributed by atoms with Crippen LogP contribution in [0.2, 0.25) is 0 Å². The lowest BCUT2D eigenvalue weighted by molar-refractivity contribution is 0.0195. The summed E-state index contributed by atoms with van der Waals surface area (Å²) in [5.74, 6) is 1.96. The SMILES string of the molecule is C=CCNC(=NCCc1ccco1)N1CCC(N2CCOCC2)C1.I. The molecule has 0 saturated carbocycles. The van der Waals surface area contributed by atoms with E-state index in [2.05, 4.69) is 21.7 Å². The summed E-state index contributed by atoms with van der Waals surface area (Å²) in [5.41, 5.74) is 0. The molecule has 0 spiro atoms. The van der Waals surface area contributed by atoms with Crippen molar-refractivity contribution in [3.8, 4) is 0 Å². The summed E-state index contributed by atoms with van der Waals surface area (Å²) in [4.78, 5) is 9.70. The van der Waals surface area contributed by atoms with E-state index in [1.54, 1.807) is 6.26 Å². The van der Waals surface area contributed by atoms with E-state index in [0.717, 1.165) is 70.6 Å². The van der Waals surface area contributed by atoms with Crippen LogP contribution >= 0.6 is 24.0 Å². The molecule has 2 aliphatic rings. The molecule has 0 amide bonds. The molecule has 1 unspecified atom stereocenters. The van der Waals surface area contributed by atoms with Crippen molar-refractivity contribution in [3.63, 3.8) is 0 Å². The van der Waals surface area contributed by atoms with Crippen molar-refractivity contribution in [2.24, 2.45) is 4.99 Å². The van der Waals surface area contributed by atoms with Gasteiger partial charge >= 0.3 is 0 Å². The normalized spacial score (nSPS) is 21.8. The van der Waals surface area contributed by atoms with Crippen molar-refractivity contribution in [1.82, 2.24) is 15.1 Å². The van der Waals surface area contributed by atoms with Crippen LogP contribution in [0.4, 0.5) is 0 Å². The first kappa shape index (κ1) is 20.3. The molecule has 3 rings (SSSR count). The average Bonchev–Trinajstić information content (AvgIpc) is 3.30. The molecular formula is C18H29IN4O2. The quantitative estimate of drug-likeness (QED) is 0.305. The van der Waals surface area contributed by atoms with Crippen molar-refractivity contribution in [3.05, 3.63) is 36.8 Å². The molecule has 2 aliphatic heterocycles. The maximum Gasteiger partial charge on any atom is 0.194 e. The second-order valence-electron chi connectivity index (χ2n) is 6.24. The van der Waals surface area contributed by atoms with Gasteiger partial charge in [0.2, 0.25) is 0 Å². The summed E-state index contributed by atoms with van der Waals surface area (Å²) in [6.07, 6.45) is 5.60. The fourth-order valence-electron chi connectivity index (χ4n) is 3.33. The van der Waals surface area contributed by atoms with Crippen molar-refractivity contribution in [1.29, 1.82) is 0 Å². The number of morpholine rings is 1. The highest BCUT2D eigenvalue weighted by Crippen LogP contribution is 2.17. The summed E-state index contributed by atoms with van der Waals surface area (Å²) in [5, 5.41) is 3.40. The van der Waals surface area contributed by atoms with Gasteiger partial charge in [0.05, 0.1) is 19.5 Å². The Bertz CT molecular complexity index is 529. The zero-order chi connectivity index (χ0) is 16.6. The number of guanidine groups is 1. The largest absolute Gasteiger partial charge is 0.469 e. The Morgan fingerprint density at radius 1 is 1.36 bits per heavy atom. The first-order valence-electron chi connectivity index (χ1n) is 8.85. The molecule has 0 aromatic carbocycles. The van der Waals surface area contributed by atoms with Crippen LogP contribution in [0.3, 0.4) is 0 Å². The molecule has 0 radical (unpaired) electrons. The van der Waals surface area contributed by atoms with Gasteiger partial charge in [-0.25, -0.2) is 0 Å². The molecular weight excluding hydrogens is 431 g/mol. The average molecular weight is 460 g/mol. The smallest absolute Gasteiger partial charge is 0.194 e. The van der Waals surface area contributed by atoms with Crippen LogP contribution < -0.4 is 5.32 Å². The minimum absolute atomic E-state index is 0. The molecule has 0 aliphatic carbocycles. The Kier molecular flexibility index (Phi) is 8.77. The lowest BCUT2D eigenvalue weighted by Crippen LogP contribution is -2.46.